The first kappa shape index (κ1) is 90.7. The van der Waals surface area contributed by atoms with Gasteiger partial charge in [-0.05, 0) is 216 Å². The highest BCUT2D eigenvalue weighted by atomic mass is 19.1. The number of carbonyl (C=O) groups excluding carboxylic acids is 7. The van der Waals surface area contributed by atoms with Gasteiger partial charge in [0.2, 0.25) is 29.5 Å². The summed E-state index contributed by atoms with van der Waals surface area (Å²) in [6.07, 6.45) is 3.15. The van der Waals surface area contributed by atoms with E-state index in [1.165, 1.54) is 29.8 Å². The Labute approximate surface area is 719 Å². The third-order valence-electron chi connectivity index (χ3n) is 24.2. The van der Waals surface area contributed by atoms with Crippen LogP contribution < -0.4 is 37.2 Å². The molecule has 124 heavy (non-hydrogen) atoms. The number of carboxylic acids is 2. The van der Waals surface area contributed by atoms with Crippen molar-refractivity contribution < 1.29 is 72.0 Å². The molecule has 6 aliphatic heterocycles. The van der Waals surface area contributed by atoms with Crippen LogP contribution in [0, 0.1) is 73.9 Å². The number of aliphatic hydroxyl groups excluding tert-OH is 1. The number of ether oxygens (including phenoxy) is 1. The van der Waals surface area contributed by atoms with Crippen molar-refractivity contribution in [2.75, 3.05) is 92.2 Å². The number of aryl methyl sites for hydroxylation is 7. The molecule has 0 saturated carbocycles. The van der Waals surface area contributed by atoms with Gasteiger partial charge in [-0.25, -0.2) is 8.78 Å². The number of nitrogens with one attached hydrogen (secondary N) is 12. The van der Waals surface area contributed by atoms with Crippen LogP contribution in [-0.2, 0) is 83.2 Å². The summed E-state index contributed by atoms with van der Waals surface area (Å²) in [5, 5.41) is 48.2. The Bertz CT molecular complexity index is 5630. The molecule has 6 atom stereocenters. The lowest BCUT2D eigenvalue weighted by Gasteiger charge is -2.28. The Kier molecular flexibility index (Phi) is 29.7. The van der Waals surface area contributed by atoms with Crippen LogP contribution in [0.25, 0.3) is 0 Å². The van der Waals surface area contributed by atoms with Crippen molar-refractivity contribution in [3.8, 4) is 0 Å². The number of carbonyl (C=O) groups is 9. The van der Waals surface area contributed by atoms with Crippen LogP contribution in [0.1, 0.15) is 195 Å². The van der Waals surface area contributed by atoms with Gasteiger partial charge in [0.15, 0.2) is 0 Å². The summed E-state index contributed by atoms with van der Waals surface area (Å²) in [6.45, 7) is 28.3. The van der Waals surface area contributed by atoms with E-state index in [9.17, 15) is 57.0 Å². The molecular weight excluding hydrogens is 1580 g/mol. The zero-order valence-corrected chi connectivity index (χ0v) is 72.0. The van der Waals surface area contributed by atoms with E-state index >= 15 is 0 Å². The number of aliphatic hydroxyl groups is 1. The van der Waals surface area contributed by atoms with Gasteiger partial charge >= 0.3 is 11.9 Å². The average Bonchev–Trinajstić information content (AvgIpc) is 1.63. The number of nitrogens with zero attached hydrogens (tertiary/aromatic N) is 2. The fourth-order valence-electron chi connectivity index (χ4n) is 17.6. The van der Waals surface area contributed by atoms with Gasteiger partial charge in [0.1, 0.15) is 11.6 Å². The number of β-amino-alcohol motifs (C(OH)–C–C–N with tert-alkyl or cyclic N) is 1. The van der Waals surface area contributed by atoms with Gasteiger partial charge in [-0.2, -0.15) is 0 Å². The second kappa shape index (κ2) is 40.6. The Morgan fingerprint density at radius 2 is 0.855 bits per heavy atom. The first-order chi connectivity index (χ1) is 59.3. The highest BCUT2D eigenvalue weighted by molar-refractivity contribution is 6.06. The van der Waals surface area contributed by atoms with E-state index in [4.69, 9.17) is 14.9 Å². The van der Waals surface area contributed by atoms with Gasteiger partial charge in [-0.1, -0.05) is 68.4 Å². The third kappa shape index (κ3) is 21.7. The smallest absolute Gasteiger partial charge is 0.303 e. The summed E-state index contributed by atoms with van der Waals surface area (Å²) in [7, 11) is 0. The van der Waals surface area contributed by atoms with Crippen LogP contribution in [0.2, 0.25) is 0 Å². The van der Waals surface area contributed by atoms with Crippen LogP contribution in [0.15, 0.2) is 121 Å². The third-order valence-corrected chi connectivity index (χ3v) is 24.2. The number of amides is 7. The molecule has 11 heterocycles. The number of rotatable bonds is 27. The van der Waals surface area contributed by atoms with Crippen molar-refractivity contribution in [3.05, 3.63) is 262 Å². The summed E-state index contributed by atoms with van der Waals surface area (Å²) >= 11 is 0. The highest BCUT2D eigenvalue weighted by Crippen LogP contribution is 2.42. The molecule has 6 aliphatic rings. The van der Waals surface area contributed by atoms with Gasteiger partial charge in [-0.3, -0.25) is 48.1 Å². The zero-order chi connectivity index (χ0) is 88.9. The number of para-hydroxylation sites is 3. The van der Waals surface area contributed by atoms with Crippen LogP contribution in [0.4, 0.5) is 37.2 Å². The Morgan fingerprint density at radius 3 is 1.30 bits per heavy atom. The number of hydrogen-bond acceptors (Lipinski definition) is 13. The SMILES string of the molecule is CCN(CC)CCNC(=O)c1c(C)[nH]c(CC2C(=O)Nc3ccc(F)cc32)c1C.Cc1[nH]c(CC2C(=O)Nc3ccc(F)cc32)c(C)c1C(=O)NC[C@H](O)CN1CCOCC1.Cc1[nH]c(CC2C(=O)Nc3ccccc32)c(C)c1CCC(=O)O.Cc1cc(C)c(CC2C(=O)Nc3ccccc32)[nH]1.Cc1cc(CCC(=O)O)c(CC2C(=O)Nc3ccccc32)[nH]1. The number of hydrogen-bond donors (Lipinski definition) is 15. The van der Waals surface area contributed by atoms with Crippen LogP contribution in [-0.4, -0.2) is 175 Å². The maximum atomic E-state index is 13.7. The highest BCUT2D eigenvalue weighted by Gasteiger charge is 2.38. The molecular formula is C95H112F2N14O13. The minimum atomic E-state index is -0.811. The van der Waals surface area contributed by atoms with E-state index in [0.717, 1.165) is 152 Å². The number of likely N-dealkylation sites (N-methyl/N-ethyl adjacent to an activating group) is 1. The molecule has 5 unspecified atom stereocenters. The molecule has 5 aromatic heterocycles. The van der Waals surface area contributed by atoms with Gasteiger partial charge in [-0.15, -0.1) is 0 Å². The molecule has 654 valence electrons. The molecule has 16 rings (SSSR count). The van der Waals surface area contributed by atoms with Gasteiger partial charge < -0.3 is 87.1 Å². The number of aromatic amines is 5. The van der Waals surface area contributed by atoms with Crippen molar-refractivity contribution in [2.45, 2.75) is 170 Å². The number of aliphatic carboxylic acids is 2. The molecule has 5 aromatic carbocycles. The Balaban J connectivity index is 0.000000143. The number of carboxylic acid groups (broad SMARTS) is 2. The van der Waals surface area contributed by atoms with Crippen molar-refractivity contribution in [1.29, 1.82) is 0 Å². The quantitative estimate of drug-likeness (QED) is 0.0227. The molecule has 1 fully saturated rings. The number of benzene rings is 5. The van der Waals surface area contributed by atoms with Crippen molar-refractivity contribution >= 4 is 81.7 Å². The van der Waals surface area contributed by atoms with E-state index in [-0.39, 0.29) is 90.1 Å². The number of aromatic nitrogens is 5. The van der Waals surface area contributed by atoms with E-state index in [0.29, 0.717) is 104 Å². The second-order valence-corrected chi connectivity index (χ2v) is 32.7. The predicted molar refractivity (Wildman–Crippen MR) is 472 cm³/mol. The number of fused-ring (bicyclic) bond motifs is 5. The van der Waals surface area contributed by atoms with E-state index in [1.807, 2.05) is 127 Å². The lowest BCUT2D eigenvalue weighted by atomic mass is 9.93. The predicted octanol–water partition coefficient (Wildman–Crippen LogP) is 13.0. The molecule has 1 saturated heterocycles. The standard InChI is InChI=1S/C23H29FN4O4.C22H29FN4O2.C18H20N2O3.C17H18N2O3.C15H16N2O/c1-13-20(10-18-17-9-15(24)3-4-19(17)27-22(18)30)26-14(2)21(13)23(31)25-11-16(29)12-28-5-7-32-8-6-28;1-5-27(6-2)10-9-24-22(29)20-13(3)19(25-14(20)4)12-17-16-11-15(23)7-8-18(16)26-21(17)28;1-10-12(7-8-17(21)22)11(2)19-16(10)9-14-13-5-3-4-6-15(13)20-18(14)23;1-10-8-11(6-7-16(20)21)15(18-10)9-13-12-4-2-3-5-14(12)19-17(13)22;1-9-7-10(2)16-14(9)8-12-11-5-3-4-6-13(11)17-15(12)18/h3-4,9,16,18,26,29H,5-8,10-12H2,1-2H3,(H,25,31)(H,27,30);7-8,11,17,25H,5-6,9-10,12H2,1-4H3,(H,24,29)(H,26,28);3-6,14,19H,7-9H2,1-2H3,(H,20,23)(H,21,22);2-5,8,13,18H,6-7,9H2,1H3,(H,19,22)(H,20,21);3-7,12,16H,8H2,1-2H3,(H,17,18)/t16-,18?;;;;/m0..../s1. The minimum absolute atomic E-state index is 0.00219. The van der Waals surface area contributed by atoms with Gasteiger partial charge in [0, 0.05) is 170 Å². The maximum absolute atomic E-state index is 13.7. The number of halogens is 2. The van der Waals surface area contributed by atoms with Crippen molar-refractivity contribution in [1.82, 2.24) is 45.4 Å². The summed E-state index contributed by atoms with van der Waals surface area (Å²) < 4.78 is 32.7. The first-order valence-corrected chi connectivity index (χ1v) is 42.3. The lowest BCUT2D eigenvalue weighted by molar-refractivity contribution is -0.138. The minimum Gasteiger partial charge on any atom is -0.481 e. The number of morpholine rings is 1. The molecule has 0 bridgehead atoms. The van der Waals surface area contributed by atoms with E-state index in [2.05, 4.69) is 98.8 Å². The van der Waals surface area contributed by atoms with Gasteiger partial charge in [0.05, 0.1) is 60.0 Å². The number of H-pyrrole nitrogens is 5. The van der Waals surface area contributed by atoms with Crippen LogP contribution in [0.3, 0.4) is 0 Å². The second-order valence-electron chi connectivity index (χ2n) is 32.7. The van der Waals surface area contributed by atoms with E-state index in [1.54, 1.807) is 19.1 Å². The zero-order valence-electron chi connectivity index (χ0n) is 72.0. The van der Waals surface area contributed by atoms with Crippen molar-refractivity contribution in [2.24, 2.45) is 0 Å². The fraction of sp³-hybridized carbons (Fsp3) is 0.379. The number of anilines is 5. The largest absolute Gasteiger partial charge is 0.481 e. The maximum Gasteiger partial charge on any atom is 0.303 e. The van der Waals surface area contributed by atoms with Crippen LogP contribution in [0.5, 0.6) is 0 Å². The molecule has 10 aromatic rings. The van der Waals surface area contributed by atoms with Crippen LogP contribution >= 0.6 is 0 Å². The topological polar surface area (TPSA) is 393 Å². The fourth-order valence-corrected chi connectivity index (χ4v) is 17.6. The molecule has 29 heteroatoms. The molecule has 15 N–H and O–H groups in total. The molecule has 7 amide bonds. The molecule has 0 aliphatic carbocycles. The first-order valence-electron chi connectivity index (χ1n) is 42.3. The van der Waals surface area contributed by atoms with Gasteiger partial charge in [0.25, 0.3) is 11.8 Å². The molecule has 0 spiro atoms. The molecule has 27 nitrogen and oxygen atoms in total. The lowest BCUT2D eigenvalue weighted by Crippen LogP contribution is -2.44. The monoisotopic (exact) mass is 1690 g/mol. The Morgan fingerprint density at radius 1 is 0.468 bits per heavy atom. The normalized spacial score (nSPS) is 17.2. The molecule has 0 radical (unpaired) electrons. The summed E-state index contributed by atoms with van der Waals surface area (Å²) in [5.74, 6) is -4.46. The Hall–Kier alpha value is -12.6. The summed E-state index contributed by atoms with van der Waals surface area (Å²) in [4.78, 5) is 129. The summed E-state index contributed by atoms with van der Waals surface area (Å²) in [6, 6.07) is 36.1. The average molecular weight is 1700 g/mol. The summed E-state index contributed by atoms with van der Waals surface area (Å²) in [5.41, 5.74) is 24.7. The van der Waals surface area contributed by atoms with Crippen molar-refractivity contribution in [3.63, 3.8) is 0 Å². The van der Waals surface area contributed by atoms with E-state index < -0.39 is 29.9 Å².